The van der Waals surface area contributed by atoms with E-state index in [1.54, 1.807) is 6.21 Å². The SMILES string of the molecule is C/C=C(C)\C=N\NC(=O)CCCCC(=O)NO. The molecule has 6 heteroatoms. The number of nitrogens with one attached hydrogen (secondary N) is 2. The largest absolute Gasteiger partial charge is 0.289 e. The standard InChI is InChI=1S/C11H19N3O3/c1-3-9(2)8-12-13-10(15)6-4-5-7-11(16)14-17/h3,8,17H,4-7H2,1-2H3,(H,13,15)(H,14,16)/b9-3-,12-8+. The molecular formula is C11H19N3O3. The number of nitrogens with zero attached hydrogens (tertiary/aromatic N) is 1. The molecule has 0 unspecified atom stereocenters. The molecule has 0 aromatic heterocycles. The Morgan fingerprint density at radius 1 is 1.24 bits per heavy atom. The van der Waals surface area contributed by atoms with Gasteiger partial charge in [0.2, 0.25) is 11.8 Å². The minimum atomic E-state index is -0.438. The quantitative estimate of drug-likeness (QED) is 0.270. The van der Waals surface area contributed by atoms with Crippen LogP contribution in [0.5, 0.6) is 0 Å². The van der Waals surface area contributed by atoms with Gasteiger partial charge in [-0.25, -0.2) is 10.9 Å². The van der Waals surface area contributed by atoms with Crippen molar-refractivity contribution in [2.45, 2.75) is 39.5 Å². The minimum absolute atomic E-state index is 0.186. The second-order valence-electron chi connectivity index (χ2n) is 3.57. The zero-order valence-electron chi connectivity index (χ0n) is 10.2. The molecular weight excluding hydrogens is 222 g/mol. The number of carbonyl (C=O) groups excluding carboxylic acids is 2. The Hall–Kier alpha value is -1.69. The van der Waals surface area contributed by atoms with Crippen LogP contribution in [0.3, 0.4) is 0 Å². The number of allylic oxidation sites excluding steroid dienone is 2. The van der Waals surface area contributed by atoms with E-state index in [-0.39, 0.29) is 12.3 Å². The molecule has 0 rings (SSSR count). The third kappa shape index (κ3) is 9.25. The molecule has 96 valence electrons. The summed E-state index contributed by atoms with van der Waals surface area (Å²) in [6, 6.07) is 0. The predicted molar refractivity (Wildman–Crippen MR) is 64.5 cm³/mol. The van der Waals surface area contributed by atoms with Gasteiger partial charge in [-0.05, 0) is 32.3 Å². The summed E-state index contributed by atoms with van der Waals surface area (Å²) in [5, 5.41) is 12.0. The smallest absolute Gasteiger partial charge is 0.243 e. The van der Waals surface area contributed by atoms with Gasteiger partial charge in [0.25, 0.3) is 0 Å². The van der Waals surface area contributed by atoms with Crippen LogP contribution in [0.1, 0.15) is 39.5 Å². The average Bonchev–Trinajstić information content (AvgIpc) is 2.33. The highest BCUT2D eigenvalue weighted by Gasteiger charge is 2.02. The molecule has 0 aliphatic rings. The number of amides is 2. The summed E-state index contributed by atoms with van der Waals surface area (Å²) < 4.78 is 0. The lowest BCUT2D eigenvalue weighted by Gasteiger charge is -2.00. The second kappa shape index (κ2) is 9.53. The van der Waals surface area contributed by atoms with Crippen LogP contribution < -0.4 is 10.9 Å². The Balaban J connectivity index is 3.60. The summed E-state index contributed by atoms with van der Waals surface area (Å²) in [5.41, 5.74) is 4.89. The molecule has 0 bridgehead atoms. The maximum atomic E-state index is 11.2. The van der Waals surface area contributed by atoms with Gasteiger partial charge in [-0.3, -0.25) is 14.8 Å². The highest BCUT2D eigenvalue weighted by atomic mass is 16.5. The number of unbranched alkanes of at least 4 members (excludes halogenated alkanes) is 1. The maximum Gasteiger partial charge on any atom is 0.243 e. The molecule has 0 aromatic carbocycles. The molecule has 0 spiro atoms. The van der Waals surface area contributed by atoms with Gasteiger partial charge in [0, 0.05) is 19.1 Å². The number of hydrazone groups is 1. The fourth-order valence-corrected chi connectivity index (χ4v) is 0.964. The van der Waals surface area contributed by atoms with E-state index in [9.17, 15) is 9.59 Å². The Kier molecular flexibility index (Phi) is 8.58. The molecule has 3 N–H and O–H groups in total. The zero-order chi connectivity index (χ0) is 13.1. The van der Waals surface area contributed by atoms with Crippen molar-refractivity contribution in [2.24, 2.45) is 5.10 Å². The first kappa shape index (κ1) is 15.3. The molecule has 0 saturated heterocycles. The van der Waals surface area contributed by atoms with Crippen molar-refractivity contribution in [3.05, 3.63) is 11.6 Å². The molecule has 0 fully saturated rings. The van der Waals surface area contributed by atoms with Crippen molar-refractivity contribution >= 4 is 18.0 Å². The maximum absolute atomic E-state index is 11.2. The van der Waals surface area contributed by atoms with Crippen LogP contribution in [0, 0.1) is 0 Å². The van der Waals surface area contributed by atoms with Crippen molar-refractivity contribution in [3.8, 4) is 0 Å². The number of hydrogen-bond acceptors (Lipinski definition) is 4. The molecule has 17 heavy (non-hydrogen) atoms. The summed E-state index contributed by atoms with van der Waals surface area (Å²) >= 11 is 0. The fourth-order valence-electron chi connectivity index (χ4n) is 0.964. The summed E-state index contributed by atoms with van der Waals surface area (Å²) in [4.78, 5) is 21.9. The van der Waals surface area contributed by atoms with Crippen LogP contribution in [-0.2, 0) is 9.59 Å². The molecule has 0 saturated carbocycles. The first-order valence-electron chi connectivity index (χ1n) is 5.48. The third-order valence-corrected chi connectivity index (χ3v) is 2.10. The van der Waals surface area contributed by atoms with Gasteiger partial charge in [0.05, 0.1) is 0 Å². The first-order valence-corrected chi connectivity index (χ1v) is 5.48. The Morgan fingerprint density at radius 2 is 1.82 bits per heavy atom. The number of hydroxylamine groups is 1. The van der Waals surface area contributed by atoms with Gasteiger partial charge in [0.15, 0.2) is 0 Å². The summed E-state index contributed by atoms with van der Waals surface area (Å²) in [6.45, 7) is 3.76. The van der Waals surface area contributed by atoms with Crippen molar-refractivity contribution in [1.82, 2.24) is 10.9 Å². The summed E-state index contributed by atoms with van der Waals surface area (Å²) in [6.07, 6.45) is 5.10. The molecule has 6 nitrogen and oxygen atoms in total. The molecule has 0 aromatic rings. The molecule has 0 aliphatic heterocycles. The van der Waals surface area contributed by atoms with Crippen molar-refractivity contribution < 1.29 is 14.8 Å². The predicted octanol–water partition coefficient (Wildman–Crippen LogP) is 1.12. The Bertz CT molecular complexity index is 311. The lowest BCUT2D eigenvalue weighted by molar-refractivity contribution is -0.129. The highest BCUT2D eigenvalue weighted by molar-refractivity contribution is 5.81. The lowest BCUT2D eigenvalue weighted by atomic mass is 10.2. The molecule has 0 aliphatic carbocycles. The van der Waals surface area contributed by atoms with Crippen LogP contribution >= 0.6 is 0 Å². The molecule has 0 heterocycles. The van der Waals surface area contributed by atoms with Crippen molar-refractivity contribution in [1.29, 1.82) is 0 Å². The topological polar surface area (TPSA) is 90.8 Å². The summed E-state index contributed by atoms with van der Waals surface area (Å²) in [5.74, 6) is -0.623. The summed E-state index contributed by atoms with van der Waals surface area (Å²) in [7, 11) is 0. The van der Waals surface area contributed by atoms with E-state index in [2.05, 4.69) is 10.5 Å². The third-order valence-electron chi connectivity index (χ3n) is 2.10. The van der Waals surface area contributed by atoms with E-state index < -0.39 is 5.91 Å². The second-order valence-corrected chi connectivity index (χ2v) is 3.57. The lowest BCUT2D eigenvalue weighted by Crippen LogP contribution is -2.19. The van der Waals surface area contributed by atoms with E-state index in [1.165, 1.54) is 5.48 Å². The van der Waals surface area contributed by atoms with Crippen LogP contribution in [0.15, 0.2) is 16.8 Å². The van der Waals surface area contributed by atoms with Gasteiger partial charge in [-0.2, -0.15) is 5.10 Å². The fraction of sp³-hybridized carbons (Fsp3) is 0.545. The van der Waals surface area contributed by atoms with Gasteiger partial charge < -0.3 is 0 Å². The molecule has 0 radical (unpaired) electrons. The van der Waals surface area contributed by atoms with Crippen LogP contribution in [0.25, 0.3) is 0 Å². The number of rotatable bonds is 7. The first-order chi connectivity index (χ1) is 8.10. The van der Waals surface area contributed by atoms with Crippen LogP contribution in [0.4, 0.5) is 0 Å². The van der Waals surface area contributed by atoms with Gasteiger partial charge in [-0.15, -0.1) is 0 Å². The monoisotopic (exact) mass is 241 g/mol. The van der Waals surface area contributed by atoms with E-state index in [0.29, 0.717) is 19.3 Å². The number of carbonyl (C=O) groups is 2. The highest BCUT2D eigenvalue weighted by Crippen LogP contribution is 1.99. The van der Waals surface area contributed by atoms with Crippen LogP contribution in [0.2, 0.25) is 0 Å². The van der Waals surface area contributed by atoms with Crippen LogP contribution in [-0.4, -0.2) is 23.2 Å². The molecule has 0 atom stereocenters. The van der Waals surface area contributed by atoms with Crippen molar-refractivity contribution in [3.63, 3.8) is 0 Å². The minimum Gasteiger partial charge on any atom is -0.289 e. The average molecular weight is 241 g/mol. The van der Waals surface area contributed by atoms with Gasteiger partial charge >= 0.3 is 0 Å². The number of hydrogen-bond donors (Lipinski definition) is 3. The van der Waals surface area contributed by atoms with Gasteiger partial charge in [0.1, 0.15) is 0 Å². The van der Waals surface area contributed by atoms with E-state index >= 15 is 0 Å². The normalized spacial score (nSPS) is 11.6. The molecule has 2 amide bonds. The Morgan fingerprint density at radius 3 is 2.35 bits per heavy atom. The van der Waals surface area contributed by atoms with E-state index in [1.807, 2.05) is 19.9 Å². The Labute approximate surface area is 101 Å². The van der Waals surface area contributed by atoms with Gasteiger partial charge in [-0.1, -0.05) is 6.08 Å². The zero-order valence-corrected chi connectivity index (χ0v) is 10.2. The van der Waals surface area contributed by atoms with Crippen molar-refractivity contribution in [2.75, 3.05) is 0 Å². The van der Waals surface area contributed by atoms with E-state index in [0.717, 1.165) is 5.57 Å². The van der Waals surface area contributed by atoms with E-state index in [4.69, 9.17) is 5.21 Å².